The summed E-state index contributed by atoms with van der Waals surface area (Å²) in [7, 11) is 0. The number of amides is 3. The van der Waals surface area contributed by atoms with Gasteiger partial charge >= 0.3 is 6.03 Å². The number of nitrogens with zero attached hydrogens (tertiary/aromatic N) is 3. The molecule has 0 aliphatic carbocycles. The van der Waals surface area contributed by atoms with E-state index in [0.717, 1.165) is 33.6 Å². The summed E-state index contributed by atoms with van der Waals surface area (Å²) in [6, 6.07) is 22.7. The SMILES string of the molecule is CCCN(CC(=O)Nc1c(-c2ccccc2)c(C)nn1-c1ccc(C)cc1)C(=O)Nc1ccc(C)c(Cl)c1. The molecule has 2 N–H and O–H groups in total. The van der Waals surface area contributed by atoms with Gasteiger partial charge in [-0.3, -0.25) is 4.79 Å². The molecule has 0 atom stereocenters. The van der Waals surface area contributed by atoms with Crippen molar-refractivity contribution in [1.82, 2.24) is 14.7 Å². The lowest BCUT2D eigenvalue weighted by Gasteiger charge is -2.22. The van der Waals surface area contributed by atoms with Gasteiger partial charge in [-0.1, -0.05) is 72.6 Å². The van der Waals surface area contributed by atoms with Crippen LogP contribution in [0, 0.1) is 20.8 Å². The van der Waals surface area contributed by atoms with Crippen molar-refractivity contribution in [3.8, 4) is 16.8 Å². The average Bonchev–Trinajstić information content (AvgIpc) is 3.22. The minimum absolute atomic E-state index is 0.119. The number of carbonyl (C=O) groups is 2. The molecule has 0 spiro atoms. The second-order valence-corrected chi connectivity index (χ2v) is 9.69. The lowest BCUT2D eigenvalue weighted by atomic mass is 10.1. The van der Waals surface area contributed by atoms with Gasteiger partial charge in [-0.2, -0.15) is 5.10 Å². The van der Waals surface area contributed by atoms with Crippen molar-refractivity contribution in [1.29, 1.82) is 0 Å². The molecule has 0 radical (unpaired) electrons. The first-order chi connectivity index (χ1) is 18.3. The second-order valence-electron chi connectivity index (χ2n) is 9.29. The summed E-state index contributed by atoms with van der Waals surface area (Å²) in [6.45, 7) is 8.10. The van der Waals surface area contributed by atoms with Crippen molar-refractivity contribution in [3.05, 3.63) is 94.6 Å². The first-order valence-corrected chi connectivity index (χ1v) is 13.0. The lowest BCUT2D eigenvalue weighted by molar-refractivity contribution is -0.116. The zero-order valence-electron chi connectivity index (χ0n) is 22.1. The Morgan fingerprint density at radius 3 is 2.32 bits per heavy atom. The van der Waals surface area contributed by atoms with E-state index in [9.17, 15) is 9.59 Å². The van der Waals surface area contributed by atoms with Crippen molar-refractivity contribution >= 4 is 35.0 Å². The molecule has 3 amide bonds. The Labute approximate surface area is 228 Å². The van der Waals surface area contributed by atoms with Gasteiger partial charge in [-0.05, 0) is 62.6 Å². The Kier molecular flexibility index (Phi) is 8.48. The standard InChI is InChI=1S/C30H32ClN5O2/c1-5-17-35(30(38)32-24-14-13-21(3)26(31)18-24)19-27(37)33-29-28(23-9-7-6-8-10-23)22(4)34-36(29)25-15-11-20(2)12-16-25/h6-16,18H,5,17,19H2,1-4H3,(H,32,38)(H,33,37). The number of halogens is 1. The van der Waals surface area contributed by atoms with Gasteiger partial charge < -0.3 is 15.5 Å². The predicted molar refractivity (Wildman–Crippen MR) is 154 cm³/mol. The summed E-state index contributed by atoms with van der Waals surface area (Å²) in [5, 5.41) is 11.2. The van der Waals surface area contributed by atoms with Crippen LogP contribution >= 0.6 is 11.6 Å². The predicted octanol–water partition coefficient (Wildman–Crippen LogP) is 7.00. The number of hydrogen-bond donors (Lipinski definition) is 2. The molecule has 8 heteroatoms. The van der Waals surface area contributed by atoms with Gasteiger partial charge in [-0.25, -0.2) is 9.48 Å². The number of aromatic nitrogens is 2. The summed E-state index contributed by atoms with van der Waals surface area (Å²) in [4.78, 5) is 28.0. The zero-order valence-corrected chi connectivity index (χ0v) is 22.8. The fourth-order valence-electron chi connectivity index (χ4n) is 4.21. The van der Waals surface area contributed by atoms with Gasteiger partial charge in [0, 0.05) is 22.8 Å². The van der Waals surface area contributed by atoms with Gasteiger partial charge in [-0.15, -0.1) is 0 Å². The normalized spacial score (nSPS) is 10.8. The van der Waals surface area contributed by atoms with Crippen molar-refractivity contribution in [2.75, 3.05) is 23.7 Å². The van der Waals surface area contributed by atoms with E-state index in [0.29, 0.717) is 29.5 Å². The first-order valence-electron chi connectivity index (χ1n) is 12.6. The minimum atomic E-state index is -0.367. The number of carbonyl (C=O) groups excluding carboxylic acids is 2. The quantitative estimate of drug-likeness (QED) is 0.258. The zero-order chi connectivity index (χ0) is 27.2. The van der Waals surface area contributed by atoms with E-state index in [1.54, 1.807) is 16.8 Å². The monoisotopic (exact) mass is 529 g/mol. The molecule has 0 unspecified atom stereocenters. The van der Waals surface area contributed by atoms with E-state index in [2.05, 4.69) is 10.6 Å². The van der Waals surface area contributed by atoms with Crippen LogP contribution < -0.4 is 10.6 Å². The number of nitrogens with one attached hydrogen (secondary N) is 2. The van der Waals surface area contributed by atoms with Crippen LogP contribution in [0.15, 0.2) is 72.8 Å². The maximum absolute atomic E-state index is 13.4. The largest absolute Gasteiger partial charge is 0.322 e. The summed E-state index contributed by atoms with van der Waals surface area (Å²) in [5.41, 5.74) is 6.01. The molecule has 4 aromatic rings. The van der Waals surface area contributed by atoms with Crippen molar-refractivity contribution in [2.24, 2.45) is 0 Å². The Hall–Kier alpha value is -4.10. The summed E-state index contributed by atoms with van der Waals surface area (Å²) < 4.78 is 1.74. The van der Waals surface area contributed by atoms with Crippen LogP contribution in [0.1, 0.15) is 30.2 Å². The molecule has 0 fully saturated rings. The van der Waals surface area contributed by atoms with E-state index in [-0.39, 0.29) is 18.5 Å². The van der Waals surface area contributed by atoms with Crippen LogP contribution in [0.25, 0.3) is 16.8 Å². The van der Waals surface area contributed by atoms with Gasteiger partial charge in [0.2, 0.25) is 5.91 Å². The Balaban J connectivity index is 1.61. The molecule has 1 heterocycles. The van der Waals surface area contributed by atoms with Crippen LogP contribution in [0.3, 0.4) is 0 Å². The fraction of sp³-hybridized carbons (Fsp3) is 0.233. The highest BCUT2D eigenvalue weighted by Crippen LogP contribution is 2.33. The third-order valence-corrected chi connectivity index (χ3v) is 6.60. The molecule has 7 nitrogen and oxygen atoms in total. The highest BCUT2D eigenvalue weighted by Gasteiger charge is 2.23. The van der Waals surface area contributed by atoms with E-state index >= 15 is 0 Å². The summed E-state index contributed by atoms with van der Waals surface area (Å²) in [5.74, 6) is 0.241. The van der Waals surface area contributed by atoms with Gasteiger partial charge in [0.15, 0.2) is 0 Å². The van der Waals surface area contributed by atoms with Crippen LogP contribution in [0.4, 0.5) is 16.3 Å². The topological polar surface area (TPSA) is 79.3 Å². The van der Waals surface area contributed by atoms with Crippen molar-refractivity contribution in [3.63, 3.8) is 0 Å². The third-order valence-electron chi connectivity index (χ3n) is 6.20. The number of anilines is 2. The van der Waals surface area contributed by atoms with Gasteiger partial charge in [0.1, 0.15) is 12.4 Å². The van der Waals surface area contributed by atoms with Crippen molar-refractivity contribution < 1.29 is 9.59 Å². The van der Waals surface area contributed by atoms with E-state index in [1.165, 1.54) is 4.90 Å². The average molecular weight is 530 g/mol. The second kappa shape index (κ2) is 12.0. The summed E-state index contributed by atoms with van der Waals surface area (Å²) in [6.07, 6.45) is 0.699. The molecule has 0 aliphatic rings. The number of benzene rings is 3. The lowest BCUT2D eigenvalue weighted by Crippen LogP contribution is -2.41. The Morgan fingerprint density at radius 2 is 1.66 bits per heavy atom. The van der Waals surface area contributed by atoms with Crippen LogP contribution in [-0.4, -0.2) is 39.7 Å². The maximum atomic E-state index is 13.4. The minimum Gasteiger partial charge on any atom is -0.315 e. The van der Waals surface area contributed by atoms with Gasteiger partial charge in [0.25, 0.3) is 0 Å². The van der Waals surface area contributed by atoms with Crippen LogP contribution in [0.2, 0.25) is 5.02 Å². The smallest absolute Gasteiger partial charge is 0.315 e. The molecule has 0 aliphatic heterocycles. The molecule has 0 bridgehead atoms. The Bertz CT molecular complexity index is 1430. The molecule has 0 saturated carbocycles. The number of urea groups is 1. The number of rotatable bonds is 8. The van der Waals surface area contributed by atoms with E-state index in [4.69, 9.17) is 16.7 Å². The first kappa shape index (κ1) is 26.9. The van der Waals surface area contributed by atoms with E-state index < -0.39 is 0 Å². The molecular weight excluding hydrogens is 498 g/mol. The maximum Gasteiger partial charge on any atom is 0.322 e. The molecule has 1 aromatic heterocycles. The third kappa shape index (κ3) is 6.23. The highest BCUT2D eigenvalue weighted by atomic mass is 35.5. The van der Waals surface area contributed by atoms with Crippen molar-refractivity contribution in [2.45, 2.75) is 34.1 Å². The fourth-order valence-corrected chi connectivity index (χ4v) is 4.39. The molecular formula is C30H32ClN5O2. The van der Waals surface area contributed by atoms with Gasteiger partial charge in [0.05, 0.1) is 11.4 Å². The summed E-state index contributed by atoms with van der Waals surface area (Å²) >= 11 is 6.22. The molecule has 38 heavy (non-hydrogen) atoms. The molecule has 196 valence electrons. The van der Waals surface area contributed by atoms with Crippen LogP contribution in [0.5, 0.6) is 0 Å². The molecule has 3 aromatic carbocycles. The number of aryl methyl sites for hydroxylation is 3. The Morgan fingerprint density at radius 1 is 0.947 bits per heavy atom. The molecule has 4 rings (SSSR count). The molecule has 0 saturated heterocycles. The highest BCUT2D eigenvalue weighted by molar-refractivity contribution is 6.31. The van der Waals surface area contributed by atoms with Crippen LogP contribution in [-0.2, 0) is 4.79 Å². The number of hydrogen-bond acceptors (Lipinski definition) is 3. The van der Waals surface area contributed by atoms with E-state index in [1.807, 2.05) is 88.4 Å².